The topological polar surface area (TPSA) is 17.1 Å². The van der Waals surface area contributed by atoms with E-state index >= 15 is 0 Å². The normalized spacial score (nSPS) is 12.5. The second kappa shape index (κ2) is 5.03. The van der Waals surface area contributed by atoms with Crippen LogP contribution in [0.1, 0.15) is 18.9 Å². The van der Waals surface area contributed by atoms with Crippen LogP contribution in [0.15, 0.2) is 30.3 Å². The van der Waals surface area contributed by atoms with Crippen molar-refractivity contribution in [2.24, 2.45) is 5.92 Å². The number of hydrogen-bond acceptors (Lipinski definition) is 1. The highest BCUT2D eigenvalue weighted by atomic mass is 35.5. The molecule has 0 N–H and O–H groups in total. The molecule has 1 nitrogen and oxygen atoms in total. The van der Waals surface area contributed by atoms with Crippen molar-refractivity contribution in [2.75, 3.05) is 0 Å². The fraction of sp³-hybridized carbons (Fsp3) is 0.364. The van der Waals surface area contributed by atoms with E-state index in [4.69, 9.17) is 11.6 Å². The first kappa shape index (κ1) is 10.3. The van der Waals surface area contributed by atoms with E-state index in [2.05, 4.69) is 12.1 Å². The molecule has 0 fully saturated rings. The van der Waals surface area contributed by atoms with Gasteiger partial charge in [0, 0.05) is 5.92 Å². The lowest BCUT2D eigenvalue weighted by Gasteiger charge is -2.05. The average Bonchev–Trinajstić information content (AvgIpc) is 2.15. The molecule has 0 aromatic heterocycles. The van der Waals surface area contributed by atoms with Crippen molar-refractivity contribution in [3.05, 3.63) is 35.9 Å². The minimum atomic E-state index is -0.240. The third-order valence-corrected chi connectivity index (χ3v) is 2.47. The van der Waals surface area contributed by atoms with E-state index in [-0.39, 0.29) is 11.2 Å². The highest BCUT2D eigenvalue weighted by Gasteiger charge is 2.08. The summed E-state index contributed by atoms with van der Waals surface area (Å²) in [5.41, 5.74) is 1.26. The van der Waals surface area contributed by atoms with Gasteiger partial charge in [-0.3, -0.25) is 4.79 Å². The lowest BCUT2D eigenvalue weighted by atomic mass is 10.0. The van der Waals surface area contributed by atoms with E-state index in [1.807, 2.05) is 25.1 Å². The van der Waals surface area contributed by atoms with E-state index < -0.39 is 0 Å². The second-order valence-electron chi connectivity index (χ2n) is 3.23. The first-order valence-corrected chi connectivity index (χ1v) is 4.81. The summed E-state index contributed by atoms with van der Waals surface area (Å²) in [5.74, 6) is -0.0399. The molecule has 0 radical (unpaired) electrons. The molecule has 0 unspecified atom stereocenters. The van der Waals surface area contributed by atoms with Gasteiger partial charge in [0.1, 0.15) is 0 Å². The van der Waals surface area contributed by atoms with Gasteiger partial charge < -0.3 is 0 Å². The van der Waals surface area contributed by atoms with Gasteiger partial charge >= 0.3 is 0 Å². The maximum absolute atomic E-state index is 10.7. The summed E-state index contributed by atoms with van der Waals surface area (Å²) in [4.78, 5) is 10.7. The van der Waals surface area contributed by atoms with Crippen LogP contribution in [0.5, 0.6) is 0 Å². The maximum atomic E-state index is 10.7. The Hall–Kier alpha value is -0.820. The van der Waals surface area contributed by atoms with Crippen LogP contribution in [-0.4, -0.2) is 5.24 Å². The van der Waals surface area contributed by atoms with E-state index in [0.29, 0.717) is 0 Å². The molecule has 0 bridgehead atoms. The zero-order valence-electron chi connectivity index (χ0n) is 7.66. The van der Waals surface area contributed by atoms with Crippen LogP contribution in [0.3, 0.4) is 0 Å². The summed E-state index contributed by atoms with van der Waals surface area (Å²) < 4.78 is 0. The second-order valence-corrected chi connectivity index (χ2v) is 3.60. The van der Waals surface area contributed by atoms with Crippen molar-refractivity contribution in [3.63, 3.8) is 0 Å². The van der Waals surface area contributed by atoms with E-state index in [9.17, 15) is 4.79 Å². The Morgan fingerprint density at radius 3 is 2.54 bits per heavy atom. The Balaban J connectivity index is 2.39. The molecule has 0 saturated carbocycles. The largest absolute Gasteiger partial charge is 0.281 e. The molecule has 0 saturated heterocycles. The van der Waals surface area contributed by atoms with Crippen LogP contribution in [-0.2, 0) is 11.2 Å². The van der Waals surface area contributed by atoms with E-state index in [1.165, 1.54) is 5.56 Å². The summed E-state index contributed by atoms with van der Waals surface area (Å²) in [6.07, 6.45) is 1.74. The van der Waals surface area contributed by atoms with Crippen LogP contribution in [0, 0.1) is 5.92 Å². The van der Waals surface area contributed by atoms with E-state index in [0.717, 1.165) is 12.8 Å². The van der Waals surface area contributed by atoms with Gasteiger partial charge in [0.05, 0.1) is 0 Å². The van der Waals surface area contributed by atoms with E-state index in [1.54, 1.807) is 0 Å². The summed E-state index contributed by atoms with van der Waals surface area (Å²) >= 11 is 5.36. The summed E-state index contributed by atoms with van der Waals surface area (Å²) in [5, 5.41) is -0.240. The highest BCUT2D eigenvalue weighted by molar-refractivity contribution is 6.63. The van der Waals surface area contributed by atoms with Crippen molar-refractivity contribution in [3.8, 4) is 0 Å². The van der Waals surface area contributed by atoms with Gasteiger partial charge in [0.2, 0.25) is 5.24 Å². The molecule has 1 atom stereocenters. The Bertz CT molecular complexity index is 269. The molecule has 0 spiro atoms. The third kappa shape index (κ3) is 3.60. The lowest BCUT2D eigenvalue weighted by Crippen LogP contribution is -2.04. The smallest absolute Gasteiger partial charge is 0.224 e. The minimum Gasteiger partial charge on any atom is -0.281 e. The summed E-state index contributed by atoms with van der Waals surface area (Å²) in [6, 6.07) is 10.1. The molecule has 0 aliphatic heterocycles. The number of aryl methyl sites for hydroxylation is 1. The predicted molar refractivity (Wildman–Crippen MR) is 54.8 cm³/mol. The third-order valence-electron chi connectivity index (χ3n) is 2.10. The monoisotopic (exact) mass is 196 g/mol. The molecule has 1 aromatic rings. The fourth-order valence-electron chi connectivity index (χ4n) is 1.14. The molecular formula is C11H13ClO. The number of carbonyl (C=O) groups excluding carboxylic acids is 1. The van der Waals surface area contributed by atoms with Gasteiger partial charge in [-0.15, -0.1) is 0 Å². The summed E-state index contributed by atoms with van der Waals surface area (Å²) in [6.45, 7) is 1.86. The van der Waals surface area contributed by atoms with Crippen molar-refractivity contribution >= 4 is 16.8 Å². The van der Waals surface area contributed by atoms with Crippen LogP contribution >= 0.6 is 11.6 Å². The number of rotatable bonds is 4. The number of hydrogen-bond donors (Lipinski definition) is 0. The fourth-order valence-corrected chi connectivity index (χ4v) is 1.25. The molecule has 0 heterocycles. The number of carbonyl (C=O) groups is 1. The van der Waals surface area contributed by atoms with Gasteiger partial charge in [-0.2, -0.15) is 0 Å². The number of benzene rings is 1. The first-order valence-electron chi connectivity index (χ1n) is 4.43. The predicted octanol–water partition coefficient (Wildman–Crippen LogP) is 3.02. The van der Waals surface area contributed by atoms with Crippen molar-refractivity contribution < 1.29 is 4.79 Å². The SMILES string of the molecule is C[C@H](CCc1ccccc1)C(=O)Cl. The molecule has 2 heteroatoms. The Morgan fingerprint density at radius 2 is 2.00 bits per heavy atom. The van der Waals surface area contributed by atoms with Crippen molar-refractivity contribution in [2.45, 2.75) is 19.8 Å². The molecule has 0 aliphatic carbocycles. The van der Waals surface area contributed by atoms with Gasteiger partial charge in [0.25, 0.3) is 0 Å². The van der Waals surface area contributed by atoms with Crippen molar-refractivity contribution in [1.82, 2.24) is 0 Å². The molecule has 13 heavy (non-hydrogen) atoms. The van der Waals surface area contributed by atoms with Crippen LogP contribution in [0.2, 0.25) is 0 Å². The first-order chi connectivity index (χ1) is 6.20. The molecule has 70 valence electrons. The zero-order chi connectivity index (χ0) is 9.68. The summed E-state index contributed by atoms with van der Waals surface area (Å²) in [7, 11) is 0. The van der Waals surface area contributed by atoms with Crippen LogP contribution in [0.4, 0.5) is 0 Å². The number of halogens is 1. The van der Waals surface area contributed by atoms with Gasteiger partial charge in [0.15, 0.2) is 0 Å². The lowest BCUT2D eigenvalue weighted by molar-refractivity contribution is -0.114. The standard InChI is InChI=1S/C11H13ClO/c1-9(11(12)13)7-8-10-5-3-2-4-6-10/h2-6,9H,7-8H2,1H3/t9-/m1/s1. The highest BCUT2D eigenvalue weighted by Crippen LogP contribution is 2.11. The van der Waals surface area contributed by atoms with Gasteiger partial charge in [-0.05, 0) is 30.0 Å². The quantitative estimate of drug-likeness (QED) is 0.677. The van der Waals surface area contributed by atoms with Crippen LogP contribution in [0.25, 0.3) is 0 Å². The maximum Gasteiger partial charge on any atom is 0.224 e. The molecule has 1 rings (SSSR count). The Kier molecular flexibility index (Phi) is 3.97. The average molecular weight is 197 g/mol. The zero-order valence-corrected chi connectivity index (χ0v) is 8.42. The molecule has 0 aliphatic rings. The minimum absolute atomic E-state index is 0.0399. The van der Waals surface area contributed by atoms with Gasteiger partial charge in [-0.1, -0.05) is 37.3 Å². The van der Waals surface area contributed by atoms with Gasteiger partial charge in [-0.25, -0.2) is 0 Å². The van der Waals surface area contributed by atoms with Crippen LogP contribution < -0.4 is 0 Å². The Morgan fingerprint density at radius 1 is 1.38 bits per heavy atom. The molecular weight excluding hydrogens is 184 g/mol. The Labute approximate surface area is 83.7 Å². The van der Waals surface area contributed by atoms with Crippen molar-refractivity contribution in [1.29, 1.82) is 0 Å². The molecule has 1 aromatic carbocycles. The molecule has 0 amide bonds.